The molecule has 32 heavy (non-hydrogen) atoms. The molecular weight excluding hydrogens is 394 g/mol. The molecule has 4 heteroatoms. The molecule has 0 aromatic heterocycles. The third kappa shape index (κ3) is 6.06. The lowest BCUT2D eigenvalue weighted by Crippen LogP contribution is -2.31. The lowest BCUT2D eigenvalue weighted by molar-refractivity contribution is 0.100. The fraction of sp³-hybridized carbons (Fsp3) is 0.321. The Balaban J connectivity index is 1.33. The van der Waals surface area contributed by atoms with Crippen molar-refractivity contribution in [3.05, 3.63) is 107 Å². The minimum absolute atomic E-state index is 0.369. The van der Waals surface area contributed by atoms with Crippen molar-refractivity contribution in [2.24, 2.45) is 5.73 Å². The molecular formula is C28H33N3O. The van der Waals surface area contributed by atoms with Gasteiger partial charge in [0.1, 0.15) is 0 Å². The van der Waals surface area contributed by atoms with E-state index in [0.717, 1.165) is 45.7 Å². The van der Waals surface area contributed by atoms with Gasteiger partial charge in [-0.2, -0.15) is 0 Å². The number of hydrogen-bond donors (Lipinski definition) is 1. The molecule has 0 unspecified atom stereocenters. The summed E-state index contributed by atoms with van der Waals surface area (Å²) in [6, 6.07) is 29.5. The van der Waals surface area contributed by atoms with Gasteiger partial charge in [0, 0.05) is 31.1 Å². The fourth-order valence-electron chi connectivity index (χ4n) is 4.65. The summed E-state index contributed by atoms with van der Waals surface area (Å²) in [5.41, 5.74) is 9.95. The highest BCUT2D eigenvalue weighted by atomic mass is 16.1. The number of primary amides is 1. The van der Waals surface area contributed by atoms with Crippen molar-refractivity contribution in [2.45, 2.75) is 25.3 Å². The van der Waals surface area contributed by atoms with Crippen molar-refractivity contribution in [2.75, 3.05) is 32.7 Å². The minimum atomic E-state index is -0.369. The summed E-state index contributed by atoms with van der Waals surface area (Å²) in [6.45, 7) is 6.44. The molecule has 0 bridgehead atoms. The molecule has 0 saturated carbocycles. The van der Waals surface area contributed by atoms with E-state index in [0.29, 0.717) is 11.5 Å². The predicted molar refractivity (Wildman–Crippen MR) is 131 cm³/mol. The Morgan fingerprint density at radius 1 is 0.750 bits per heavy atom. The average Bonchev–Trinajstić information content (AvgIpc) is 3.06. The lowest BCUT2D eigenvalue weighted by Gasteiger charge is -2.25. The largest absolute Gasteiger partial charge is 0.366 e. The molecule has 1 amide bonds. The van der Waals surface area contributed by atoms with Gasteiger partial charge in [0.15, 0.2) is 0 Å². The van der Waals surface area contributed by atoms with Gasteiger partial charge >= 0.3 is 0 Å². The smallest absolute Gasteiger partial charge is 0.248 e. The number of carbonyl (C=O) groups excluding carboxylic acids is 1. The summed E-state index contributed by atoms with van der Waals surface area (Å²) < 4.78 is 0. The van der Waals surface area contributed by atoms with Gasteiger partial charge in [0.2, 0.25) is 5.91 Å². The molecule has 1 aliphatic rings. The number of rotatable bonds is 8. The van der Waals surface area contributed by atoms with Crippen LogP contribution in [0.1, 0.15) is 45.8 Å². The van der Waals surface area contributed by atoms with Gasteiger partial charge in [-0.05, 0) is 61.3 Å². The van der Waals surface area contributed by atoms with Crippen LogP contribution in [0, 0.1) is 0 Å². The number of hydrogen-bond acceptors (Lipinski definition) is 3. The molecule has 4 nitrogen and oxygen atoms in total. The van der Waals surface area contributed by atoms with E-state index in [1.165, 1.54) is 23.1 Å². The quantitative estimate of drug-likeness (QED) is 0.575. The van der Waals surface area contributed by atoms with Gasteiger partial charge in [0.25, 0.3) is 0 Å². The average molecular weight is 428 g/mol. The summed E-state index contributed by atoms with van der Waals surface area (Å²) >= 11 is 0. The van der Waals surface area contributed by atoms with E-state index in [2.05, 4.69) is 70.5 Å². The van der Waals surface area contributed by atoms with Gasteiger partial charge in [0.05, 0.1) is 0 Å². The first-order valence-electron chi connectivity index (χ1n) is 11.6. The summed E-state index contributed by atoms with van der Waals surface area (Å²) in [5.74, 6) is 0.0619. The second-order valence-electron chi connectivity index (χ2n) is 8.70. The van der Waals surface area contributed by atoms with E-state index in [1.54, 1.807) is 0 Å². The zero-order chi connectivity index (χ0) is 22.2. The zero-order valence-corrected chi connectivity index (χ0v) is 18.7. The summed E-state index contributed by atoms with van der Waals surface area (Å²) in [4.78, 5) is 16.4. The predicted octanol–water partition coefficient (Wildman–Crippen LogP) is 4.52. The number of carbonyl (C=O) groups is 1. The maximum absolute atomic E-state index is 11.3. The van der Waals surface area contributed by atoms with Crippen LogP contribution in [0.3, 0.4) is 0 Å². The van der Waals surface area contributed by atoms with Crippen LogP contribution in [0.25, 0.3) is 0 Å². The van der Waals surface area contributed by atoms with Crippen molar-refractivity contribution in [3.8, 4) is 0 Å². The second-order valence-corrected chi connectivity index (χ2v) is 8.70. The van der Waals surface area contributed by atoms with Crippen LogP contribution in [0.4, 0.5) is 0 Å². The van der Waals surface area contributed by atoms with E-state index >= 15 is 0 Å². The molecule has 1 saturated heterocycles. The van der Waals surface area contributed by atoms with Crippen LogP contribution >= 0.6 is 0 Å². The first-order valence-corrected chi connectivity index (χ1v) is 11.6. The van der Waals surface area contributed by atoms with Crippen molar-refractivity contribution in [1.82, 2.24) is 9.80 Å². The molecule has 3 aromatic carbocycles. The van der Waals surface area contributed by atoms with E-state index in [4.69, 9.17) is 5.73 Å². The molecule has 0 atom stereocenters. The maximum Gasteiger partial charge on any atom is 0.248 e. The Bertz CT molecular complexity index is 933. The zero-order valence-electron chi connectivity index (χ0n) is 18.7. The third-order valence-corrected chi connectivity index (χ3v) is 6.46. The number of nitrogens with two attached hydrogens (primary N) is 1. The molecule has 4 rings (SSSR count). The monoisotopic (exact) mass is 427 g/mol. The van der Waals surface area contributed by atoms with E-state index in [1.807, 2.05) is 24.3 Å². The Hall–Kier alpha value is -2.95. The summed E-state index contributed by atoms with van der Waals surface area (Å²) in [6.07, 6.45) is 2.31. The highest BCUT2D eigenvalue weighted by molar-refractivity contribution is 5.92. The van der Waals surface area contributed by atoms with Crippen LogP contribution in [-0.4, -0.2) is 48.4 Å². The molecule has 166 valence electrons. The normalized spacial score (nSPS) is 15.5. The Morgan fingerprint density at radius 2 is 1.31 bits per heavy atom. The van der Waals surface area contributed by atoms with Crippen molar-refractivity contribution in [1.29, 1.82) is 0 Å². The van der Waals surface area contributed by atoms with Gasteiger partial charge in [-0.3, -0.25) is 9.69 Å². The van der Waals surface area contributed by atoms with E-state index in [-0.39, 0.29) is 5.91 Å². The van der Waals surface area contributed by atoms with Crippen molar-refractivity contribution in [3.63, 3.8) is 0 Å². The van der Waals surface area contributed by atoms with Gasteiger partial charge in [-0.15, -0.1) is 0 Å². The third-order valence-electron chi connectivity index (χ3n) is 6.46. The fourth-order valence-corrected chi connectivity index (χ4v) is 4.65. The molecule has 1 aliphatic heterocycles. The van der Waals surface area contributed by atoms with Crippen molar-refractivity contribution < 1.29 is 4.79 Å². The SMILES string of the molecule is NC(=O)c1ccc(CN2CCCN(CCC(c3ccccc3)c3ccccc3)CC2)cc1. The van der Waals surface area contributed by atoms with E-state index in [9.17, 15) is 4.79 Å². The lowest BCUT2D eigenvalue weighted by atomic mass is 9.88. The number of amides is 1. The first-order chi connectivity index (χ1) is 15.7. The van der Waals surface area contributed by atoms with Gasteiger partial charge < -0.3 is 10.6 Å². The molecule has 1 fully saturated rings. The Morgan fingerprint density at radius 3 is 1.91 bits per heavy atom. The molecule has 0 radical (unpaired) electrons. The molecule has 3 aromatic rings. The molecule has 0 aliphatic carbocycles. The Kier molecular flexibility index (Phi) is 7.70. The van der Waals surface area contributed by atoms with Gasteiger partial charge in [-0.1, -0.05) is 72.8 Å². The first kappa shape index (κ1) is 22.3. The van der Waals surface area contributed by atoms with Crippen LogP contribution < -0.4 is 5.73 Å². The number of benzene rings is 3. The summed E-state index contributed by atoms with van der Waals surface area (Å²) in [5, 5.41) is 0. The maximum atomic E-state index is 11.3. The standard InChI is InChI=1S/C28H33N3O/c29-28(32)26-14-12-23(13-15-26)22-31-18-7-17-30(20-21-31)19-16-27(24-8-3-1-4-9-24)25-10-5-2-6-11-25/h1-6,8-15,27H,7,16-22H2,(H2,29,32). The highest BCUT2D eigenvalue weighted by Crippen LogP contribution is 2.28. The second kappa shape index (κ2) is 11.1. The van der Waals surface area contributed by atoms with Crippen LogP contribution in [0.15, 0.2) is 84.9 Å². The Labute approximate surface area is 191 Å². The molecule has 1 heterocycles. The highest BCUT2D eigenvalue weighted by Gasteiger charge is 2.19. The van der Waals surface area contributed by atoms with Gasteiger partial charge in [-0.25, -0.2) is 0 Å². The topological polar surface area (TPSA) is 49.6 Å². The van der Waals surface area contributed by atoms with Crippen LogP contribution in [0.5, 0.6) is 0 Å². The number of nitrogens with zero attached hydrogens (tertiary/aromatic N) is 2. The van der Waals surface area contributed by atoms with E-state index < -0.39 is 0 Å². The van der Waals surface area contributed by atoms with Crippen LogP contribution in [-0.2, 0) is 6.54 Å². The summed E-state index contributed by atoms with van der Waals surface area (Å²) in [7, 11) is 0. The van der Waals surface area contributed by atoms with Crippen molar-refractivity contribution >= 4 is 5.91 Å². The molecule has 0 spiro atoms. The van der Waals surface area contributed by atoms with Crippen LogP contribution in [0.2, 0.25) is 0 Å². The minimum Gasteiger partial charge on any atom is -0.366 e. The molecule has 2 N–H and O–H groups in total.